The number of imidazole rings is 1. The van der Waals surface area contributed by atoms with E-state index < -0.39 is 4.92 Å². The number of aromatic nitrogens is 2. The lowest BCUT2D eigenvalue weighted by Crippen LogP contribution is -2.17. The van der Waals surface area contributed by atoms with E-state index in [4.69, 9.17) is 0 Å². The fourth-order valence-electron chi connectivity index (χ4n) is 2.24. The highest BCUT2D eigenvalue weighted by Crippen LogP contribution is 2.29. The minimum Gasteiger partial charge on any atom is -0.355 e. The number of rotatable bonds is 4. The van der Waals surface area contributed by atoms with Crippen LogP contribution in [0.4, 0.5) is 17.1 Å². The molecule has 0 fully saturated rings. The average Bonchev–Trinajstić information content (AvgIpc) is 3.02. The number of fused-ring (bicyclic) bond motifs is 1. The van der Waals surface area contributed by atoms with E-state index in [-0.39, 0.29) is 17.2 Å². The summed E-state index contributed by atoms with van der Waals surface area (Å²) in [5.41, 5.74) is 2.67. The summed E-state index contributed by atoms with van der Waals surface area (Å²) >= 11 is 0. The third-order valence-corrected chi connectivity index (χ3v) is 3.38. The van der Waals surface area contributed by atoms with E-state index in [0.717, 1.165) is 11.0 Å². The van der Waals surface area contributed by atoms with Gasteiger partial charge in [-0.2, -0.15) is 0 Å². The number of aromatic amines is 1. The summed E-state index contributed by atoms with van der Waals surface area (Å²) in [6, 6.07) is 9.68. The molecule has 0 spiro atoms. The lowest BCUT2D eigenvalue weighted by Gasteiger charge is -2.08. The minimum atomic E-state index is -0.524. The Hall–Kier alpha value is -3.42. The first-order chi connectivity index (χ1) is 11.1. The smallest absolute Gasteiger partial charge is 0.293 e. The molecule has 0 aliphatic carbocycles. The zero-order valence-corrected chi connectivity index (χ0v) is 12.2. The van der Waals surface area contributed by atoms with Gasteiger partial charge in [-0.05, 0) is 30.3 Å². The Morgan fingerprint density at radius 2 is 2.09 bits per heavy atom. The number of nitrogens with one attached hydrogen (secondary N) is 3. The molecule has 0 bridgehead atoms. The van der Waals surface area contributed by atoms with E-state index in [1.165, 1.54) is 25.2 Å². The molecule has 8 nitrogen and oxygen atoms in total. The van der Waals surface area contributed by atoms with E-state index in [9.17, 15) is 14.9 Å². The second-order valence-corrected chi connectivity index (χ2v) is 4.83. The quantitative estimate of drug-likeness (QED) is 0.506. The molecule has 116 valence electrons. The molecule has 0 radical (unpaired) electrons. The molecule has 0 saturated carbocycles. The van der Waals surface area contributed by atoms with Crippen LogP contribution in [-0.4, -0.2) is 27.8 Å². The maximum atomic E-state index is 11.6. The molecule has 23 heavy (non-hydrogen) atoms. The molecule has 3 aromatic rings. The topological polar surface area (TPSA) is 113 Å². The van der Waals surface area contributed by atoms with Crippen LogP contribution in [-0.2, 0) is 0 Å². The second-order valence-electron chi connectivity index (χ2n) is 4.83. The van der Waals surface area contributed by atoms with Gasteiger partial charge in [-0.3, -0.25) is 14.9 Å². The van der Waals surface area contributed by atoms with Crippen LogP contribution in [0.2, 0.25) is 0 Å². The Bertz CT molecular complexity index is 903. The number of anilines is 2. The van der Waals surface area contributed by atoms with Gasteiger partial charge in [-0.25, -0.2) is 4.98 Å². The SMILES string of the molecule is CNC(=O)c1ccc(Nc2ccc3nc[nH]c3c2)c([N+](=O)[O-])c1. The van der Waals surface area contributed by atoms with E-state index in [1.807, 2.05) is 0 Å². The predicted octanol–water partition coefficient (Wildman–Crippen LogP) is 2.57. The van der Waals surface area contributed by atoms with Crippen LogP contribution >= 0.6 is 0 Å². The van der Waals surface area contributed by atoms with Crippen LogP contribution in [0.5, 0.6) is 0 Å². The van der Waals surface area contributed by atoms with E-state index in [0.29, 0.717) is 11.4 Å². The van der Waals surface area contributed by atoms with Crippen molar-refractivity contribution in [1.82, 2.24) is 15.3 Å². The molecule has 0 unspecified atom stereocenters. The number of hydrogen-bond donors (Lipinski definition) is 3. The van der Waals surface area contributed by atoms with Crippen LogP contribution in [0.3, 0.4) is 0 Å². The number of amides is 1. The third-order valence-electron chi connectivity index (χ3n) is 3.38. The van der Waals surface area contributed by atoms with Crippen molar-refractivity contribution >= 4 is 34.0 Å². The minimum absolute atomic E-state index is 0.171. The number of carbonyl (C=O) groups excluding carboxylic acids is 1. The molecular formula is C15H13N5O3. The van der Waals surface area contributed by atoms with Gasteiger partial charge in [0.15, 0.2) is 0 Å². The average molecular weight is 311 g/mol. The molecule has 2 aromatic carbocycles. The summed E-state index contributed by atoms with van der Waals surface area (Å²) in [4.78, 5) is 29.4. The van der Waals surface area contributed by atoms with Gasteiger partial charge in [0, 0.05) is 24.4 Å². The van der Waals surface area contributed by atoms with Gasteiger partial charge in [0.05, 0.1) is 22.3 Å². The maximum Gasteiger partial charge on any atom is 0.293 e. The number of nitrogens with zero attached hydrogens (tertiary/aromatic N) is 2. The Kier molecular flexibility index (Phi) is 3.63. The lowest BCUT2D eigenvalue weighted by molar-refractivity contribution is -0.383. The highest BCUT2D eigenvalue weighted by atomic mass is 16.6. The maximum absolute atomic E-state index is 11.6. The van der Waals surface area contributed by atoms with Crippen molar-refractivity contribution in [2.75, 3.05) is 12.4 Å². The highest BCUT2D eigenvalue weighted by Gasteiger charge is 2.17. The van der Waals surface area contributed by atoms with Gasteiger partial charge in [-0.1, -0.05) is 0 Å². The molecule has 8 heteroatoms. The van der Waals surface area contributed by atoms with Crippen molar-refractivity contribution in [2.45, 2.75) is 0 Å². The van der Waals surface area contributed by atoms with Gasteiger partial charge >= 0.3 is 0 Å². The van der Waals surface area contributed by atoms with Crippen molar-refractivity contribution in [1.29, 1.82) is 0 Å². The van der Waals surface area contributed by atoms with Crippen LogP contribution in [0.1, 0.15) is 10.4 Å². The molecule has 1 amide bonds. The van der Waals surface area contributed by atoms with Crippen LogP contribution in [0.25, 0.3) is 11.0 Å². The molecule has 0 aliphatic heterocycles. The van der Waals surface area contributed by atoms with Crippen molar-refractivity contribution in [2.24, 2.45) is 0 Å². The number of nitro benzene ring substituents is 1. The first-order valence-corrected chi connectivity index (χ1v) is 6.79. The summed E-state index contributed by atoms with van der Waals surface area (Å²) in [6.45, 7) is 0. The molecule has 1 aromatic heterocycles. The van der Waals surface area contributed by atoms with Crippen LogP contribution in [0.15, 0.2) is 42.7 Å². The van der Waals surface area contributed by atoms with Crippen LogP contribution < -0.4 is 10.6 Å². The highest BCUT2D eigenvalue weighted by molar-refractivity contribution is 5.95. The van der Waals surface area contributed by atoms with Crippen molar-refractivity contribution in [3.05, 3.63) is 58.4 Å². The third kappa shape index (κ3) is 2.82. The largest absolute Gasteiger partial charge is 0.355 e. The molecule has 3 N–H and O–H groups in total. The van der Waals surface area contributed by atoms with Gasteiger partial charge < -0.3 is 15.6 Å². The summed E-state index contributed by atoms with van der Waals surface area (Å²) in [5.74, 6) is -0.376. The fourth-order valence-corrected chi connectivity index (χ4v) is 2.24. The Morgan fingerprint density at radius 1 is 1.26 bits per heavy atom. The molecule has 1 heterocycles. The first kappa shape index (κ1) is 14.5. The van der Waals surface area contributed by atoms with E-state index in [2.05, 4.69) is 20.6 Å². The Balaban J connectivity index is 1.97. The lowest BCUT2D eigenvalue weighted by atomic mass is 10.1. The number of carbonyl (C=O) groups is 1. The summed E-state index contributed by atoms with van der Waals surface area (Å²) in [6.07, 6.45) is 1.58. The number of benzene rings is 2. The molecular weight excluding hydrogens is 298 g/mol. The van der Waals surface area contributed by atoms with Gasteiger partial charge in [0.2, 0.25) is 0 Å². The number of H-pyrrole nitrogens is 1. The predicted molar refractivity (Wildman–Crippen MR) is 85.9 cm³/mol. The van der Waals surface area contributed by atoms with Crippen molar-refractivity contribution < 1.29 is 9.72 Å². The molecule has 3 rings (SSSR count). The summed E-state index contributed by atoms with van der Waals surface area (Å²) in [7, 11) is 1.47. The summed E-state index contributed by atoms with van der Waals surface area (Å²) in [5, 5.41) is 16.7. The van der Waals surface area contributed by atoms with Crippen LogP contribution in [0, 0.1) is 10.1 Å². The fraction of sp³-hybridized carbons (Fsp3) is 0.0667. The zero-order valence-electron chi connectivity index (χ0n) is 12.2. The van der Waals surface area contributed by atoms with E-state index >= 15 is 0 Å². The number of nitro groups is 1. The second kappa shape index (κ2) is 5.76. The molecule has 0 saturated heterocycles. The molecule has 0 aliphatic rings. The Morgan fingerprint density at radius 3 is 2.83 bits per heavy atom. The first-order valence-electron chi connectivity index (χ1n) is 6.79. The standard InChI is InChI=1S/C15H13N5O3/c1-16-15(21)9-2-4-12(14(6-9)20(22)23)19-10-3-5-11-13(7-10)18-8-17-11/h2-8,19H,1H3,(H,16,21)(H,17,18). The van der Waals surface area contributed by atoms with Gasteiger partial charge in [0.25, 0.3) is 11.6 Å². The van der Waals surface area contributed by atoms with E-state index in [1.54, 1.807) is 24.5 Å². The van der Waals surface area contributed by atoms with Crippen molar-refractivity contribution in [3.63, 3.8) is 0 Å². The molecule has 0 atom stereocenters. The zero-order chi connectivity index (χ0) is 16.4. The summed E-state index contributed by atoms with van der Waals surface area (Å²) < 4.78 is 0. The monoisotopic (exact) mass is 311 g/mol. The van der Waals surface area contributed by atoms with Gasteiger partial charge in [-0.15, -0.1) is 0 Å². The Labute approximate surface area is 130 Å². The normalized spacial score (nSPS) is 10.5. The number of hydrogen-bond acceptors (Lipinski definition) is 5. The van der Waals surface area contributed by atoms with Gasteiger partial charge in [0.1, 0.15) is 5.69 Å². The van der Waals surface area contributed by atoms with Crippen molar-refractivity contribution in [3.8, 4) is 0 Å².